The lowest BCUT2D eigenvalue weighted by Gasteiger charge is -2.36. The lowest BCUT2D eigenvalue weighted by atomic mass is 10.00. The molecule has 2 aliphatic heterocycles. The average molecular weight is 360 g/mol. The van der Waals surface area contributed by atoms with Crippen LogP contribution in [0.4, 0.5) is 4.79 Å². The van der Waals surface area contributed by atoms with Crippen molar-refractivity contribution < 1.29 is 14.3 Å². The molecule has 0 saturated carbocycles. The number of methoxy groups -OCH3 is 1. The first kappa shape index (κ1) is 18.7. The second-order valence-electron chi connectivity index (χ2n) is 7.08. The number of likely N-dealkylation sites (N-methyl/N-ethyl adjacent to an activating group) is 1. The Hall–Kier alpha value is -2.12. The fraction of sp³-hybridized carbons (Fsp3) is 0.579. The molecular weight excluding hydrogens is 332 g/mol. The van der Waals surface area contributed by atoms with Gasteiger partial charge in [0.15, 0.2) is 0 Å². The number of piperidine rings is 1. The van der Waals surface area contributed by atoms with E-state index in [0.717, 1.165) is 19.3 Å². The van der Waals surface area contributed by atoms with Crippen LogP contribution in [0.3, 0.4) is 0 Å². The van der Waals surface area contributed by atoms with Crippen LogP contribution >= 0.6 is 0 Å². The number of hydrazine groups is 1. The number of nitrogens with zero attached hydrogens (tertiary/aromatic N) is 2. The van der Waals surface area contributed by atoms with E-state index in [9.17, 15) is 9.59 Å². The summed E-state index contributed by atoms with van der Waals surface area (Å²) in [5.74, 6) is -0.0138. The summed E-state index contributed by atoms with van der Waals surface area (Å²) in [4.78, 5) is 28.2. The largest absolute Gasteiger partial charge is 0.453 e. The fourth-order valence-electron chi connectivity index (χ4n) is 3.84. The SMILES string of the molecule is COC(=O)N1CCCCC1C(=O)N(C)CC1CC(c2ccccc2)NN1. The highest BCUT2D eigenvalue weighted by molar-refractivity contribution is 5.85. The number of ether oxygens (including phenoxy) is 1. The Kier molecular flexibility index (Phi) is 6.11. The molecule has 2 amide bonds. The van der Waals surface area contributed by atoms with Crippen molar-refractivity contribution in [2.24, 2.45) is 0 Å². The number of likely N-dealkylation sites (tertiary alicyclic amines) is 1. The number of amides is 2. The molecule has 2 N–H and O–H groups in total. The van der Waals surface area contributed by atoms with Crippen LogP contribution < -0.4 is 10.9 Å². The van der Waals surface area contributed by atoms with Gasteiger partial charge in [0.1, 0.15) is 6.04 Å². The monoisotopic (exact) mass is 360 g/mol. The average Bonchev–Trinajstić information content (AvgIpc) is 3.16. The molecule has 0 aromatic heterocycles. The molecule has 2 saturated heterocycles. The van der Waals surface area contributed by atoms with Gasteiger partial charge in [-0.3, -0.25) is 15.1 Å². The van der Waals surface area contributed by atoms with Crippen molar-refractivity contribution in [2.45, 2.75) is 43.8 Å². The van der Waals surface area contributed by atoms with Gasteiger partial charge in [-0.2, -0.15) is 0 Å². The minimum Gasteiger partial charge on any atom is -0.453 e. The summed E-state index contributed by atoms with van der Waals surface area (Å²) in [6, 6.07) is 10.3. The molecule has 0 spiro atoms. The molecule has 1 aromatic rings. The zero-order valence-electron chi connectivity index (χ0n) is 15.5. The van der Waals surface area contributed by atoms with Crippen molar-refractivity contribution in [2.75, 3.05) is 27.2 Å². The standard InChI is InChI=1S/C19H28N4O3/c1-22(18(24)17-10-6-7-11-23(17)19(25)26-2)13-15-12-16(21-20-15)14-8-4-3-5-9-14/h3-5,8-9,15-17,20-21H,6-7,10-13H2,1-2H3. The number of carbonyl (C=O) groups is 2. The van der Waals surface area contributed by atoms with Crippen molar-refractivity contribution in [3.05, 3.63) is 35.9 Å². The predicted molar refractivity (Wildman–Crippen MR) is 98.2 cm³/mol. The second-order valence-corrected chi connectivity index (χ2v) is 7.08. The molecule has 3 rings (SSSR count). The Bertz CT molecular complexity index is 624. The van der Waals surface area contributed by atoms with Crippen molar-refractivity contribution in [3.63, 3.8) is 0 Å². The zero-order valence-corrected chi connectivity index (χ0v) is 15.5. The Labute approximate surface area is 154 Å². The number of hydrogen-bond acceptors (Lipinski definition) is 5. The molecule has 1 aromatic carbocycles. The summed E-state index contributed by atoms with van der Waals surface area (Å²) >= 11 is 0. The minimum atomic E-state index is -0.416. The van der Waals surface area contributed by atoms with Gasteiger partial charge >= 0.3 is 6.09 Å². The highest BCUT2D eigenvalue weighted by Gasteiger charge is 2.35. The van der Waals surface area contributed by atoms with Gasteiger partial charge in [-0.1, -0.05) is 30.3 Å². The maximum absolute atomic E-state index is 12.9. The van der Waals surface area contributed by atoms with Crippen LogP contribution in [0, 0.1) is 0 Å². The normalized spacial score (nSPS) is 25.8. The number of carbonyl (C=O) groups excluding carboxylic acids is 2. The van der Waals surface area contributed by atoms with Gasteiger partial charge in [-0.25, -0.2) is 10.2 Å². The van der Waals surface area contributed by atoms with Gasteiger partial charge in [0.2, 0.25) is 5.91 Å². The van der Waals surface area contributed by atoms with E-state index in [1.54, 1.807) is 9.80 Å². The number of rotatable bonds is 4. The highest BCUT2D eigenvalue weighted by Crippen LogP contribution is 2.23. The molecule has 7 heteroatoms. The summed E-state index contributed by atoms with van der Waals surface area (Å²) in [6.45, 7) is 1.18. The second kappa shape index (κ2) is 8.51. The van der Waals surface area contributed by atoms with E-state index in [0.29, 0.717) is 19.5 Å². The quantitative estimate of drug-likeness (QED) is 0.855. The lowest BCUT2D eigenvalue weighted by molar-refractivity contribution is -0.136. The highest BCUT2D eigenvalue weighted by atomic mass is 16.5. The minimum absolute atomic E-state index is 0.0138. The first-order valence-electron chi connectivity index (χ1n) is 9.25. The number of hydrogen-bond donors (Lipinski definition) is 2. The summed E-state index contributed by atoms with van der Waals surface area (Å²) in [5.41, 5.74) is 7.84. The Morgan fingerprint density at radius 2 is 2.00 bits per heavy atom. The maximum Gasteiger partial charge on any atom is 0.410 e. The van der Waals surface area contributed by atoms with Crippen LogP contribution in [0.5, 0.6) is 0 Å². The lowest BCUT2D eigenvalue weighted by Crippen LogP contribution is -2.53. The molecule has 0 bridgehead atoms. The molecule has 3 atom stereocenters. The summed E-state index contributed by atoms with van der Waals surface area (Å²) in [5, 5.41) is 0. The summed E-state index contributed by atoms with van der Waals surface area (Å²) < 4.78 is 4.84. The fourth-order valence-corrected chi connectivity index (χ4v) is 3.84. The van der Waals surface area contributed by atoms with Crippen LogP contribution in [0.25, 0.3) is 0 Å². The van der Waals surface area contributed by atoms with Gasteiger partial charge in [-0.15, -0.1) is 0 Å². The van der Waals surface area contributed by atoms with Crippen molar-refractivity contribution in [3.8, 4) is 0 Å². The molecule has 2 heterocycles. The van der Waals surface area contributed by atoms with Crippen molar-refractivity contribution >= 4 is 12.0 Å². The smallest absolute Gasteiger partial charge is 0.410 e. The van der Waals surface area contributed by atoms with Gasteiger partial charge in [0, 0.05) is 32.2 Å². The Morgan fingerprint density at radius 3 is 2.73 bits per heavy atom. The van der Waals surface area contributed by atoms with Crippen molar-refractivity contribution in [1.82, 2.24) is 20.7 Å². The van der Waals surface area contributed by atoms with E-state index in [1.807, 2.05) is 25.2 Å². The molecular formula is C19H28N4O3. The number of benzene rings is 1. The Balaban J connectivity index is 1.56. The van der Waals surface area contributed by atoms with Crippen LogP contribution in [-0.2, 0) is 9.53 Å². The molecule has 2 aliphatic rings. The molecule has 142 valence electrons. The molecule has 2 fully saturated rings. The molecule has 26 heavy (non-hydrogen) atoms. The van der Waals surface area contributed by atoms with Gasteiger partial charge < -0.3 is 9.64 Å². The van der Waals surface area contributed by atoms with E-state index in [4.69, 9.17) is 4.74 Å². The first-order chi connectivity index (χ1) is 12.6. The van der Waals surface area contributed by atoms with Crippen LogP contribution in [0.1, 0.15) is 37.3 Å². The van der Waals surface area contributed by atoms with Gasteiger partial charge in [-0.05, 0) is 31.2 Å². The molecule has 0 aliphatic carbocycles. The van der Waals surface area contributed by atoms with Gasteiger partial charge in [0.25, 0.3) is 0 Å². The molecule has 3 unspecified atom stereocenters. The van der Waals surface area contributed by atoms with Crippen molar-refractivity contribution in [1.29, 1.82) is 0 Å². The van der Waals surface area contributed by atoms with E-state index < -0.39 is 12.1 Å². The van der Waals surface area contributed by atoms with E-state index in [1.165, 1.54) is 12.7 Å². The zero-order chi connectivity index (χ0) is 18.5. The Morgan fingerprint density at radius 1 is 1.23 bits per heavy atom. The molecule has 7 nitrogen and oxygen atoms in total. The van der Waals surface area contributed by atoms with Gasteiger partial charge in [0.05, 0.1) is 7.11 Å². The maximum atomic E-state index is 12.9. The predicted octanol–water partition coefficient (Wildman–Crippen LogP) is 1.67. The number of nitrogens with one attached hydrogen (secondary N) is 2. The van der Waals surface area contributed by atoms with E-state index in [2.05, 4.69) is 23.0 Å². The van der Waals surface area contributed by atoms with E-state index >= 15 is 0 Å². The van der Waals surface area contributed by atoms with E-state index in [-0.39, 0.29) is 18.0 Å². The third-order valence-electron chi connectivity index (χ3n) is 5.25. The van der Waals surface area contributed by atoms with Crippen LogP contribution in [0.2, 0.25) is 0 Å². The third kappa shape index (κ3) is 4.16. The third-order valence-corrected chi connectivity index (χ3v) is 5.25. The molecule has 0 radical (unpaired) electrons. The first-order valence-corrected chi connectivity index (χ1v) is 9.25. The topological polar surface area (TPSA) is 73.9 Å². The van der Waals surface area contributed by atoms with Crippen LogP contribution in [-0.4, -0.2) is 61.1 Å². The summed E-state index contributed by atoms with van der Waals surface area (Å²) in [7, 11) is 3.17. The summed E-state index contributed by atoms with van der Waals surface area (Å²) in [6.07, 6.45) is 3.06. The van der Waals surface area contributed by atoms with Crippen LogP contribution in [0.15, 0.2) is 30.3 Å².